The van der Waals surface area contributed by atoms with E-state index in [4.69, 9.17) is 14.6 Å². The second-order valence-corrected chi connectivity index (χ2v) is 4.86. The van der Waals surface area contributed by atoms with Crippen molar-refractivity contribution < 1.29 is 29.3 Å². The fourth-order valence-electron chi connectivity index (χ4n) is 2.36. The van der Waals surface area contributed by atoms with Crippen LogP contribution in [0.3, 0.4) is 0 Å². The minimum atomic E-state index is -1.60. The van der Waals surface area contributed by atoms with Crippen LogP contribution in [0.25, 0.3) is 0 Å². The molecule has 0 radical (unpaired) electrons. The molecule has 2 aromatic rings. The molecule has 0 aliphatic heterocycles. The van der Waals surface area contributed by atoms with Gasteiger partial charge in [-0.05, 0) is 17.2 Å². The first-order valence-corrected chi connectivity index (χ1v) is 6.81. The predicted octanol–water partition coefficient (Wildman–Crippen LogP) is 1.38. The first-order chi connectivity index (χ1) is 11.4. The number of carboxylic acids is 2. The molecule has 0 saturated carbocycles. The summed E-state index contributed by atoms with van der Waals surface area (Å²) in [5, 5.41) is 18.5. The van der Waals surface area contributed by atoms with Crippen LogP contribution >= 0.6 is 0 Å². The molecule has 0 unspecified atom stereocenters. The molecule has 1 aromatic heterocycles. The van der Waals surface area contributed by atoms with Crippen LogP contribution in [0.15, 0.2) is 29.2 Å². The summed E-state index contributed by atoms with van der Waals surface area (Å²) >= 11 is 0. The standard InChI is InChI=1S/C16H15NO7/c1-23-10-4-3-8(11(6-10)24-2)5-9-7-17-14(18)13(16(21)22)12(9)15(19)20/h3-4,6-7H,5H2,1-2H3,(H,17,18)(H,19,20)(H,21,22). The Morgan fingerprint density at radius 2 is 1.71 bits per heavy atom. The van der Waals surface area contributed by atoms with Crippen molar-refractivity contribution in [3.05, 3.63) is 57.0 Å². The molecule has 2 rings (SSSR count). The van der Waals surface area contributed by atoms with Crippen molar-refractivity contribution in [1.82, 2.24) is 4.98 Å². The molecule has 1 heterocycles. The first-order valence-electron chi connectivity index (χ1n) is 6.81. The summed E-state index contributed by atoms with van der Waals surface area (Å²) < 4.78 is 10.3. The Kier molecular flexibility index (Phi) is 4.88. The summed E-state index contributed by atoms with van der Waals surface area (Å²) in [6.45, 7) is 0. The normalized spacial score (nSPS) is 10.2. The Bertz CT molecular complexity index is 854. The minimum absolute atomic E-state index is 0.0614. The van der Waals surface area contributed by atoms with E-state index in [0.29, 0.717) is 17.1 Å². The Morgan fingerprint density at radius 1 is 1.04 bits per heavy atom. The molecule has 8 nitrogen and oxygen atoms in total. The molecule has 0 aliphatic rings. The summed E-state index contributed by atoms with van der Waals surface area (Å²) in [5.74, 6) is -2.08. The summed E-state index contributed by atoms with van der Waals surface area (Å²) in [6, 6.07) is 4.97. The van der Waals surface area contributed by atoms with Crippen LogP contribution in [0.1, 0.15) is 31.8 Å². The van der Waals surface area contributed by atoms with Crippen LogP contribution < -0.4 is 15.0 Å². The van der Waals surface area contributed by atoms with Crippen molar-refractivity contribution in [3.8, 4) is 11.5 Å². The molecule has 8 heteroatoms. The van der Waals surface area contributed by atoms with E-state index in [-0.39, 0.29) is 12.0 Å². The van der Waals surface area contributed by atoms with Gasteiger partial charge in [-0.25, -0.2) is 9.59 Å². The smallest absolute Gasteiger partial charge is 0.342 e. The zero-order chi connectivity index (χ0) is 17.9. The average Bonchev–Trinajstić information content (AvgIpc) is 2.55. The lowest BCUT2D eigenvalue weighted by Crippen LogP contribution is -2.24. The topological polar surface area (TPSA) is 126 Å². The molecule has 3 N–H and O–H groups in total. The van der Waals surface area contributed by atoms with Crippen molar-refractivity contribution in [2.24, 2.45) is 0 Å². The highest BCUT2D eigenvalue weighted by atomic mass is 16.5. The predicted molar refractivity (Wildman–Crippen MR) is 83.3 cm³/mol. The van der Waals surface area contributed by atoms with Gasteiger partial charge in [0.15, 0.2) is 0 Å². The minimum Gasteiger partial charge on any atom is -0.497 e. The number of carbonyl (C=O) groups is 2. The van der Waals surface area contributed by atoms with Crippen molar-refractivity contribution in [3.63, 3.8) is 0 Å². The number of ether oxygens (including phenoxy) is 2. The van der Waals surface area contributed by atoms with Gasteiger partial charge >= 0.3 is 11.9 Å². The quantitative estimate of drug-likeness (QED) is 0.729. The van der Waals surface area contributed by atoms with Crippen LogP contribution in [0, 0.1) is 0 Å². The van der Waals surface area contributed by atoms with Crippen molar-refractivity contribution in [2.75, 3.05) is 14.2 Å². The number of aromatic carboxylic acids is 2. The maximum Gasteiger partial charge on any atom is 0.342 e. The van der Waals surface area contributed by atoms with Gasteiger partial charge in [0.25, 0.3) is 5.56 Å². The van der Waals surface area contributed by atoms with Crippen LogP contribution in [-0.2, 0) is 6.42 Å². The molecule has 0 saturated heterocycles. The third-order valence-corrected chi connectivity index (χ3v) is 3.48. The molecule has 0 atom stereocenters. The third-order valence-electron chi connectivity index (χ3n) is 3.48. The molecule has 24 heavy (non-hydrogen) atoms. The fourth-order valence-corrected chi connectivity index (χ4v) is 2.36. The van der Waals surface area contributed by atoms with Gasteiger partial charge in [0.1, 0.15) is 17.1 Å². The first kappa shape index (κ1) is 17.1. The lowest BCUT2D eigenvalue weighted by Gasteiger charge is -2.12. The van der Waals surface area contributed by atoms with E-state index in [2.05, 4.69) is 4.98 Å². The number of aromatic amines is 1. The van der Waals surface area contributed by atoms with E-state index in [1.54, 1.807) is 18.2 Å². The van der Waals surface area contributed by atoms with Gasteiger partial charge < -0.3 is 24.7 Å². The zero-order valence-corrected chi connectivity index (χ0v) is 13.0. The zero-order valence-electron chi connectivity index (χ0n) is 13.0. The maximum absolute atomic E-state index is 11.7. The second kappa shape index (κ2) is 6.86. The van der Waals surface area contributed by atoms with Gasteiger partial charge in [0.05, 0.1) is 19.8 Å². The number of aromatic nitrogens is 1. The molecular formula is C16H15NO7. The average molecular weight is 333 g/mol. The molecule has 0 bridgehead atoms. The number of hydrogen-bond acceptors (Lipinski definition) is 5. The maximum atomic E-state index is 11.7. The number of methoxy groups -OCH3 is 2. The molecule has 0 amide bonds. The van der Waals surface area contributed by atoms with Gasteiger partial charge in [-0.3, -0.25) is 4.79 Å². The summed E-state index contributed by atoms with van der Waals surface area (Å²) in [4.78, 5) is 36.6. The number of hydrogen-bond donors (Lipinski definition) is 3. The number of benzene rings is 1. The van der Waals surface area contributed by atoms with Gasteiger partial charge in [-0.15, -0.1) is 0 Å². The van der Waals surface area contributed by atoms with E-state index in [1.165, 1.54) is 20.4 Å². The van der Waals surface area contributed by atoms with Crippen molar-refractivity contribution in [1.29, 1.82) is 0 Å². The van der Waals surface area contributed by atoms with E-state index in [0.717, 1.165) is 0 Å². The Labute approximate surface area is 136 Å². The van der Waals surface area contributed by atoms with Crippen LogP contribution in [0.4, 0.5) is 0 Å². The molecule has 0 fully saturated rings. The van der Waals surface area contributed by atoms with Crippen LogP contribution in [0.2, 0.25) is 0 Å². The van der Waals surface area contributed by atoms with Crippen molar-refractivity contribution >= 4 is 11.9 Å². The van der Waals surface area contributed by atoms with Gasteiger partial charge in [0.2, 0.25) is 0 Å². The second-order valence-electron chi connectivity index (χ2n) is 4.86. The van der Waals surface area contributed by atoms with Crippen molar-refractivity contribution in [2.45, 2.75) is 6.42 Å². The molecule has 0 aliphatic carbocycles. The molecule has 1 aromatic carbocycles. The number of nitrogens with one attached hydrogen (secondary N) is 1. The number of rotatable bonds is 6. The van der Waals surface area contributed by atoms with E-state index < -0.39 is 28.6 Å². The van der Waals surface area contributed by atoms with E-state index in [1.807, 2.05) is 0 Å². The summed E-state index contributed by atoms with van der Waals surface area (Å²) in [5.41, 5.74) is -1.53. The Hall–Kier alpha value is -3.29. The highest BCUT2D eigenvalue weighted by Gasteiger charge is 2.24. The summed E-state index contributed by atoms with van der Waals surface area (Å²) in [7, 11) is 2.95. The number of pyridine rings is 1. The van der Waals surface area contributed by atoms with Gasteiger partial charge in [-0.2, -0.15) is 0 Å². The SMILES string of the molecule is COc1ccc(Cc2c[nH]c(=O)c(C(=O)O)c2C(=O)O)c(OC)c1. The number of H-pyrrole nitrogens is 1. The largest absolute Gasteiger partial charge is 0.497 e. The lowest BCUT2D eigenvalue weighted by molar-refractivity contribution is 0.0648. The van der Waals surface area contributed by atoms with E-state index in [9.17, 15) is 19.5 Å². The summed E-state index contributed by atoms with van der Waals surface area (Å²) in [6.07, 6.45) is 1.26. The highest BCUT2D eigenvalue weighted by Crippen LogP contribution is 2.27. The third kappa shape index (κ3) is 3.22. The Balaban J connectivity index is 2.59. The van der Waals surface area contributed by atoms with E-state index >= 15 is 0 Å². The molecule has 126 valence electrons. The molecular weight excluding hydrogens is 318 g/mol. The Morgan fingerprint density at radius 3 is 2.25 bits per heavy atom. The number of carboxylic acid groups (broad SMARTS) is 2. The van der Waals surface area contributed by atoms with Gasteiger partial charge in [0, 0.05) is 18.7 Å². The van der Waals surface area contributed by atoms with Gasteiger partial charge in [-0.1, -0.05) is 6.07 Å². The monoisotopic (exact) mass is 333 g/mol. The highest BCUT2D eigenvalue weighted by molar-refractivity contribution is 6.02. The molecule has 0 spiro atoms. The van der Waals surface area contributed by atoms with Crippen LogP contribution in [-0.4, -0.2) is 41.4 Å². The van der Waals surface area contributed by atoms with Crippen LogP contribution in [0.5, 0.6) is 11.5 Å². The lowest BCUT2D eigenvalue weighted by atomic mass is 9.97. The fraction of sp³-hybridized carbons (Fsp3) is 0.188.